The number of benzene rings is 2. The van der Waals surface area contributed by atoms with Crippen molar-refractivity contribution in [2.45, 2.75) is 0 Å². The standard InChI is InChI=1S/C18H17ClN2O/c1-21(2)17-10-4-8-15(13-17)18(22)20-11-5-7-14-6-3-9-16(19)12-14/h3-4,6,8-10,12-13H,11H2,1-2H3,(H,20,22). The molecule has 0 saturated heterocycles. The Hall–Kier alpha value is -2.44. The first-order valence-corrected chi connectivity index (χ1v) is 7.24. The molecule has 0 heterocycles. The van der Waals surface area contributed by atoms with Gasteiger partial charge in [0.25, 0.3) is 5.91 Å². The van der Waals surface area contributed by atoms with E-state index in [4.69, 9.17) is 11.6 Å². The highest BCUT2D eigenvalue weighted by atomic mass is 35.5. The van der Waals surface area contributed by atoms with Gasteiger partial charge in [0.15, 0.2) is 0 Å². The zero-order chi connectivity index (χ0) is 15.9. The summed E-state index contributed by atoms with van der Waals surface area (Å²) in [7, 11) is 3.88. The number of rotatable bonds is 3. The second-order valence-electron chi connectivity index (χ2n) is 4.94. The van der Waals surface area contributed by atoms with Crippen molar-refractivity contribution in [1.82, 2.24) is 5.32 Å². The Morgan fingerprint density at radius 3 is 2.68 bits per heavy atom. The van der Waals surface area contributed by atoms with Crippen molar-refractivity contribution in [2.24, 2.45) is 0 Å². The molecule has 112 valence electrons. The fourth-order valence-electron chi connectivity index (χ4n) is 1.86. The largest absolute Gasteiger partial charge is 0.378 e. The van der Waals surface area contributed by atoms with Gasteiger partial charge in [-0.2, -0.15) is 0 Å². The topological polar surface area (TPSA) is 32.3 Å². The van der Waals surface area contributed by atoms with E-state index in [1.165, 1.54) is 0 Å². The lowest BCUT2D eigenvalue weighted by Gasteiger charge is -2.13. The van der Waals surface area contributed by atoms with Gasteiger partial charge in [0.05, 0.1) is 6.54 Å². The quantitative estimate of drug-likeness (QED) is 0.883. The van der Waals surface area contributed by atoms with E-state index < -0.39 is 0 Å². The van der Waals surface area contributed by atoms with Crippen molar-refractivity contribution in [2.75, 3.05) is 25.5 Å². The first-order valence-electron chi connectivity index (χ1n) is 6.86. The number of nitrogens with one attached hydrogen (secondary N) is 1. The number of nitrogens with zero attached hydrogens (tertiary/aromatic N) is 1. The van der Waals surface area contributed by atoms with Crippen LogP contribution in [0.15, 0.2) is 48.5 Å². The third-order valence-corrected chi connectivity index (χ3v) is 3.25. The van der Waals surface area contributed by atoms with E-state index in [-0.39, 0.29) is 12.5 Å². The van der Waals surface area contributed by atoms with Crippen molar-refractivity contribution in [3.05, 3.63) is 64.7 Å². The smallest absolute Gasteiger partial charge is 0.252 e. The normalized spacial score (nSPS) is 9.59. The maximum absolute atomic E-state index is 12.1. The van der Waals surface area contributed by atoms with Crippen LogP contribution in [0.2, 0.25) is 5.02 Å². The van der Waals surface area contributed by atoms with Crippen molar-refractivity contribution < 1.29 is 4.79 Å². The van der Waals surface area contributed by atoms with E-state index in [0.29, 0.717) is 10.6 Å². The summed E-state index contributed by atoms with van der Waals surface area (Å²) in [6.07, 6.45) is 0. The molecule has 0 atom stereocenters. The second-order valence-corrected chi connectivity index (χ2v) is 5.38. The maximum Gasteiger partial charge on any atom is 0.252 e. The number of anilines is 1. The minimum Gasteiger partial charge on any atom is -0.378 e. The van der Waals surface area contributed by atoms with Crippen LogP contribution in [0.1, 0.15) is 15.9 Å². The van der Waals surface area contributed by atoms with Gasteiger partial charge in [0.2, 0.25) is 0 Å². The number of amides is 1. The first kappa shape index (κ1) is 15.9. The Balaban J connectivity index is 1.95. The third-order valence-electron chi connectivity index (χ3n) is 3.02. The number of hydrogen-bond acceptors (Lipinski definition) is 2. The molecule has 1 amide bonds. The molecule has 0 aliphatic rings. The van der Waals surface area contributed by atoms with Gasteiger partial charge < -0.3 is 10.2 Å². The van der Waals surface area contributed by atoms with Gasteiger partial charge in [-0.15, -0.1) is 0 Å². The minimum atomic E-state index is -0.135. The predicted octanol–water partition coefficient (Wildman–Crippen LogP) is 3.19. The fraction of sp³-hybridized carbons (Fsp3) is 0.167. The monoisotopic (exact) mass is 312 g/mol. The average Bonchev–Trinajstić information content (AvgIpc) is 2.51. The molecule has 0 aromatic heterocycles. The zero-order valence-corrected chi connectivity index (χ0v) is 13.3. The molecule has 0 unspecified atom stereocenters. The highest BCUT2D eigenvalue weighted by molar-refractivity contribution is 6.30. The fourth-order valence-corrected chi connectivity index (χ4v) is 2.05. The highest BCUT2D eigenvalue weighted by Crippen LogP contribution is 2.13. The average molecular weight is 313 g/mol. The Bertz CT molecular complexity index is 729. The van der Waals surface area contributed by atoms with Gasteiger partial charge in [0, 0.05) is 35.9 Å². The summed E-state index contributed by atoms with van der Waals surface area (Å²) in [5.41, 5.74) is 2.43. The van der Waals surface area contributed by atoms with Crippen LogP contribution >= 0.6 is 11.6 Å². The van der Waals surface area contributed by atoms with Gasteiger partial charge in [-0.1, -0.05) is 35.6 Å². The molecular weight excluding hydrogens is 296 g/mol. The van der Waals surface area contributed by atoms with Gasteiger partial charge in [0.1, 0.15) is 0 Å². The van der Waals surface area contributed by atoms with Gasteiger partial charge in [-0.25, -0.2) is 0 Å². The lowest BCUT2D eigenvalue weighted by molar-refractivity contribution is 0.0958. The van der Waals surface area contributed by atoms with E-state index in [1.54, 1.807) is 18.2 Å². The van der Waals surface area contributed by atoms with Crippen molar-refractivity contribution in [3.63, 3.8) is 0 Å². The zero-order valence-electron chi connectivity index (χ0n) is 12.6. The van der Waals surface area contributed by atoms with Gasteiger partial charge >= 0.3 is 0 Å². The molecule has 0 aliphatic heterocycles. The van der Waals surface area contributed by atoms with Crippen LogP contribution < -0.4 is 10.2 Å². The number of carbonyl (C=O) groups is 1. The molecule has 0 spiro atoms. The number of carbonyl (C=O) groups excluding carboxylic acids is 1. The Morgan fingerprint density at radius 2 is 1.95 bits per heavy atom. The summed E-state index contributed by atoms with van der Waals surface area (Å²) in [6, 6.07) is 14.8. The SMILES string of the molecule is CN(C)c1cccc(C(=O)NCC#Cc2cccc(Cl)c2)c1. The molecule has 0 fully saturated rings. The molecule has 3 nitrogen and oxygen atoms in total. The highest BCUT2D eigenvalue weighted by Gasteiger charge is 2.05. The van der Waals surface area contributed by atoms with Crippen LogP contribution in [0.3, 0.4) is 0 Å². The molecule has 0 aliphatic carbocycles. The minimum absolute atomic E-state index is 0.135. The summed E-state index contributed by atoms with van der Waals surface area (Å²) in [5, 5.41) is 3.44. The number of halogens is 1. The van der Waals surface area contributed by atoms with E-state index in [9.17, 15) is 4.79 Å². The van der Waals surface area contributed by atoms with Crippen LogP contribution in [0.4, 0.5) is 5.69 Å². The van der Waals surface area contributed by atoms with Crippen molar-refractivity contribution in [1.29, 1.82) is 0 Å². The van der Waals surface area contributed by atoms with Crippen LogP contribution in [0.25, 0.3) is 0 Å². The predicted molar refractivity (Wildman–Crippen MR) is 91.4 cm³/mol. The number of hydrogen-bond donors (Lipinski definition) is 1. The molecule has 22 heavy (non-hydrogen) atoms. The molecule has 2 rings (SSSR count). The summed E-state index contributed by atoms with van der Waals surface area (Å²) in [5.74, 6) is 5.75. The van der Waals surface area contributed by atoms with E-state index >= 15 is 0 Å². The molecule has 0 bridgehead atoms. The molecular formula is C18H17ClN2O. The third kappa shape index (κ3) is 4.54. The lowest BCUT2D eigenvalue weighted by Crippen LogP contribution is -2.23. The summed E-state index contributed by atoms with van der Waals surface area (Å²) < 4.78 is 0. The first-order chi connectivity index (χ1) is 10.6. The van der Waals surface area contributed by atoms with Gasteiger partial charge in [-0.3, -0.25) is 4.79 Å². The maximum atomic E-state index is 12.1. The molecule has 2 aromatic carbocycles. The van der Waals surface area contributed by atoms with Crippen molar-refractivity contribution in [3.8, 4) is 11.8 Å². The van der Waals surface area contributed by atoms with E-state index in [2.05, 4.69) is 17.2 Å². The summed E-state index contributed by atoms with van der Waals surface area (Å²) in [6.45, 7) is 0.289. The summed E-state index contributed by atoms with van der Waals surface area (Å²) in [4.78, 5) is 14.0. The van der Waals surface area contributed by atoms with E-state index in [0.717, 1.165) is 11.3 Å². The molecule has 0 radical (unpaired) electrons. The van der Waals surface area contributed by atoms with Crippen LogP contribution in [0, 0.1) is 11.8 Å². The van der Waals surface area contributed by atoms with Crippen LogP contribution in [-0.2, 0) is 0 Å². The van der Waals surface area contributed by atoms with Gasteiger partial charge in [-0.05, 0) is 36.4 Å². The molecule has 0 saturated carbocycles. The summed E-state index contributed by atoms with van der Waals surface area (Å²) >= 11 is 5.89. The molecule has 2 aromatic rings. The molecule has 1 N–H and O–H groups in total. The van der Waals surface area contributed by atoms with E-state index in [1.807, 2.05) is 49.3 Å². The van der Waals surface area contributed by atoms with Crippen LogP contribution in [0.5, 0.6) is 0 Å². The Morgan fingerprint density at radius 1 is 1.18 bits per heavy atom. The molecule has 4 heteroatoms. The lowest BCUT2D eigenvalue weighted by atomic mass is 10.2. The Labute approximate surface area is 135 Å². The van der Waals surface area contributed by atoms with Crippen molar-refractivity contribution >= 4 is 23.2 Å². The van der Waals surface area contributed by atoms with Crippen LogP contribution in [-0.4, -0.2) is 26.5 Å². The Kier molecular flexibility index (Phi) is 5.46. The second kappa shape index (κ2) is 7.53.